The zero-order valence-corrected chi connectivity index (χ0v) is 12.1. The molecule has 0 aliphatic rings. The number of para-hydroxylation sites is 1. The summed E-state index contributed by atoms with van der Waals surface area (Å²) < 4.78 is 7.00. The van der Waals surface area contributed by atoms with Crippen molar-refractivity contribution in [2.45, 2.75) is 12.5 Å². The molecule has 3 heteroatoms. The molecule has 0 amide bonds. The van der Waals surface area contributed by atoms with E-state index in [1.807, 2.05) is 24.3 Å². The van der Waals surface area contributed by atoms with E-state index in [2.05, 4.69) is 46.9 Å². The van der Waals surface area contributed by atoms with E-state index in [0.29, 0.717) is 12.5 Å². The summed E-state index contributed by atoms with van der Waals surface area (Å²) in [4.78, 5) is 0. The number of alkyl halides is 1. The number of halogens is 2. The topological polar surface area (TPSA) is 9.23 Å². The van der Waals surface area contributed by atoms with Crippen molar-refractivity contribution >= 4 is 34.2 Å². The summed E-state index contributed by atoms with van der Waals surface area (Å²) >= 11 is 8.14. The molecule has 2 aromatic carbocycles. The van der Waals surface area contributed by atoms with Gasteiger partial charge < -0.3 is 4.74 Å². The van der Waals surface area contributed by atoms with Crippen LogP contribution < -0.4 is 4.74 Å². The minimum atomic E-state index is 0.475. The zero-order valence-electron chi connectivity index (χ0n) is 9.20. The number of benzene rings is 2. The first kappa shape index (κ1) is 12.7. The molecule has 0 bridgehead atoms. The van der Waals surface area contributed by atoms with Crippen molar-refractivity contribution in [2.24, 2.45) is 0 Å². The summed E-state index contributed by atoms with van der Waals surface area (Å²) in [5, 5.41) is 0. The summed E-state index contributed by atoms with van der Waals surface area (Å²) in [6, 6.07) is 16.2. The minimum Gasteiger partial charge on any atom is -0.489 e. The van der Waals surface area contributed by atoms with Crippen molar-refractivity contribution in [1.82, 2.24) is 0 Å². The Kier molecular flexibility index (Phi) is 4.68. The molecule has 0 unspecified atom stereocenters. The Labute approximate surface area is 120 Å². The fourth-order valence-corrected chi connectivity index (χ4v) is 2.08. The summed E-state index contributed by atoms with van der Waals surface area (Å²) in [6.07, 6.45) is 0. The molecule has 88 valence electrons. The summed E-state index contributed by atoms with van der Waals surface area (Å²) in [7, 11) is 0. The van der Waals surface area contributed by atoms with E-state index < -0.39 is 0 Å². The Morgan fingerprint density at radius 1 is 1.00 bits per heavy atom. The molecule has 17 heavy (non-hydrogen) atoms. The van der Waals surface area contributed by atoms with E-state index in [-0.39, 0.29) is 0 Å². The van der Waals surface area contributed by atoms with Crippen LogP contribution in [0.5, 0.6) is 5.75 Å². The second kappa shape index (κ2) is 6.26. The molecule has 2 aromatic rings. The van der Waals surface area contributed by atoms with Gasteiger partial charge in [0.15, 0.2) is 0 Å². The molecular weight excluding hydrogens is 347 g/mol. The lowest BCUT2D eigenvalue weighted by Crippen LogP contribution is -1.97. The fourth-order valence-electron chi connectivity index (χ4n) is 1.50. The maximum absolute atomic E-state index is 5.85. The van der Waals surface area contributed by atoms with Gasteiger partial charge in [0.2, 0.25) is 0 Å². The van der Waals surface area contributed by atoms with Crippen molar-refractivity contribution in [3.63, 3.8) is 0 Å². The largest absolute Gasteiger partial charge is 0.489 e. The Bertz CT molecular complexity index is 482. The lowest BCUT2D eigenvalue weighted by molar-refractivity contribution is 0.304. The molecule has 0 saturated heterocycles. The van der Waals surface area contributed by atoms with Crippen molar-refractivity contribution < 1.29 is 4.74 Å². The quantitative estimate of drug-likeness (QED) is 0.573. The van der Waals surface area contributed by atoms with Gasteiger partial charge in [0.1, 0.15) is 12.4 Å². The second-order valence-electron chi connectivity index (χ2n) is 3.66. The third kappa shape index (κ3) is 3.61. The van der Waals surface area contributed by atoms with E-state index >= 15 is 0 Å². The molecule has 0 radical (unpaired) electrons. The van der Waals surface area contributed by atoms with Crippen LogP contribution >= 0.6 is 34.2 Å². The van der Waals surface area contributed by atoms with Crippen LogP contribution in [0.2, 0.25) is 0 Å². The lowest BCUT2D eigenvalue weighted by Gasteiger charge is -2.09. The number of hydrogen-bond donors (Lipinski definition) is 0. The Hall–Kier alpha value is -0.740. The van der Waals surface area contributed by atoms with Gasteiger partial charge in [0.05, 0.1) is 5.88 Å². The van der Waals surface area contributed by atoms with Gasteiger partial charge in [0.25, 0.3) is 0 Å². The van der Waals surface area contributed by atoms with E-state index in [9.17, 15) is 0 Å². The highest BCUT2D eigenvalue weighted by Gasteiger charge is 2.01. The third-order valence-electron chi connectivity index (χ3n) is 2.42. The first-order chi connectivity index (χ1) is 8.29. The molecule has 0 aliphatic carbocycles. The average Bonchev–Trinajstić information content (AvgIpc) is 2.38. The highest BCUT2D eigenvalue weighted by Crippen LogP contribution is 2.21. The lowest BCUT2D eigenvalue weighted by atomic mass is 10.2. The predicted molar refractivity (Wildman–Crippen MR) is 79.5 cm³/mol. The van der Waals surface area contributed by atoms with Crippen LogP contribution in [0.4, 0.5) is 0 Å². The molecule has 0 heterocycles. The third-order valence-corrected chi connectivity index (χ3v) is 3.43. The van der Waals surface area contributed by atoms with Gasteiger partial charge >= 0.3 is 0 Å². The minimum absolute atomic E-state index is 0.475. The van der Waals surface area contributed by atoms with Crippen LogP contribution in [0, 0.1) is 3.57 Å². The maximum Gasteiger partial charge on any atom is 0.124 e. The number of rotatable bonds is 4. The highest BCUT2D eigenvalue weighted by atomic mass is 127. The van der Waals surface area contributed by atoms with E-state index in [1.165, 1.54) is 3.57 Å². The molecular formula is C14H12ClIO. The van der Waals surface area contributed by atoms with Crippen LogP contribution in [-0.4, -0.2) is 0 Å². The van der Waals surface area contributed by atoms with E-state index in [0.717, 1.165) is 16.9 Å². The maximum atomic E-state index is 5.85. The molecule has 1 nitrogen and oxygen atoms in total. The molecule has 0 atom stereocenters. The number of hydrogen-bond acceptors (Lipinski definition) is 1. The Morgan fingerprint density at radius 2 is 1.71 bits per heavy atom. The van der Waals surface area contributed by atoms with Gasteiger partial charge in [-0.2, -0.15) is 0 Å². The molecule has 0 aromatic heterocycles. The Morgan fingerprint density at radius 3 is 2.41 bits per heavy atom. The zero-order chi connectivity index (χ0) is 12.1. The summed E-state index contributed by atoms with van der Waals surface area (Å²) in [6.45, 7) is 0.574. The smallest absolute Gasteiger partial charge is 0.124 e. The molecule has 0 spiro atoms. The van der Waals surface area contributed by atoms with Crippen molar-refractivity contribution in [3.8, 4) is 5.75 Å². The van der Waals surface area contributed by atoms with Gasteiger partial charge in [-0.25, -0.2) is 0 Å². The van der Waals surface area contributed by atoms with Crippen LogP contribution in [-0.2, 0) is 12.5 Å². The fraction of sp³-hybridized carbons (Fsp3) is 0.143. The first-order valence-electron chi connectivity index (χ1n) is 5.30. The molecule has 0 fully saturated rings. The normalized spacial score (nSPS) is 10.2. The van der Waals surface area contributed by atoms with Gasteiger partial charge in [-0.05, 0) is 46.4 Å². The van der Waals surface area contributed by atoms with Gasteiger partial charge in [-0.1, -0.05) is 30.3 Å². The molecule has 2 rings (SSSR count). The van der Waals surface area contributed by atoms with Crippen molar-refractivity contribution in [2.75, 3.05) is 0 Å². The summed E-state index contributed by atoms with van der Waals surface area (Å²) in [5.41, 5.74) is 2.19. The molecule has 0 N–H and O–H groups in total. The number of ether oxygens (including phenoxy) is 1. The van der Waals surface area contributed by atoms with Gasteiger partial charge in [-0.15, -0.1) is 11.6 Å². The highest BCUT2D eigenvalue weighted by molar-refractivity contribution is 14.1. The van der Waals surface area contributed by atoms with E-state index in [1.54, 1.807) is 0 Å². The van der Waals surface area contributed by atoms with Crippen molar-refractivity contribution in [1.29, 1.82) is 0 Å². The van der Waals surface area contributed by atoms with Crippen LogP contribution in [0.15, 0.2) is 48.5 Å². The van der Waals surface area contributed by atoms with Crippen LogP contribution in [0.1, 0.15) is 11.1 Å². The SMILES string of the molecule is ClCc1ccccc1OCc1ccc(I)cc1. The predicted octanol–water partition coefficient (Wildman–Crippen LogP) is 4.61. The second-order valence-corrected chi connectivity index (χ2v) is 5.17. The Balaban J connectivity index is 2.04. The van der Waals surface area contributed by atoms with Gasteiger partial charge in [-0.3, -0.25) is 0 Å². The average molecular weight is 359 g/mol. The monoisotopic (exact) mass is 358 g/mol. The van der Waals surface area contributed by atoms with Crippen molar-refractivity contribution in [3.05, 3.63) is 63.2 Å². The standard InChI is InChI=1S/C14H12ClIO/c15-9-12-3-1-2-4-14(12)17-10-11-5-7-13(16)8-6-11/h1-8H,9-10H2. The first-order valence-corrected chi connectivity index (χ1v) is 6.92. The van der Waals surface area contributed by atoms with Gasteiger partial charge in [0, 0.05) is 9.13 Å². The van der Waals surface area contributed by atoms with E-state index in [4.69, 9.17) is 16.3 Å². The summed E-state index contributed by atoms with van der Waals surface area (Å²) in [5.74, 6) is 1.34. The molecule has 0 aliphatic heterocycles. The molecule has 0 saturated carbocycles. The van der Waals surface area contributed by atoms with Crippen LogP contribution in [0.25, 0.3) is 0 Å². The van der Waals surface area contributed by atoms with Crippen LogP contribution in [0.3, 0.4) is 0 Å².